The fourth-order valence-electron chi connectivity index (χ4n) is 2.12. The lowest BCUT2D eigenvalue weighted by Crippen LogP contribution is -2.08. The number of rotatable bonds is 3. The van der Waals surface area contributed by atoms with Crippen LogP contribution >= 0.6 is 0 Å². The summed E-state index contributed by atoms with van der Waals surface area (Å²) >= 11 is 0. The van der Waals surface area contributed by atoms with Crippen molar-refractivity contribution in [3.05, 3.63) is 42.5 Å². The first kappa shape index (κ1) is 10.8. The van der Waals surface area contributed by atoms with Gasteiger partial charge in [-0.05, 0) is 24.6 Å². The molecule has 2 N–H and O–H groups in total. The SMILES string of the molecule is Cc1ccc2nc(N)n(CCn3ccnc3)c2c1. The quantitative estimate of drug-likeness (QED) is 0.761. The minimum absolute atomic E-state index is 0.565. The second kappa shape index (κ2) is 4.18. The van der Waals surface area contributed by atoms with Crippen LogP contribution in [0, 0.1) is 6.92 Å². The molecule has 0 saturated carbocycles. The van der Waals surface area contributed by atoms with Crippen molar-refractivity contribution in [3.8, 4) is 0 Å². The summed E-state index contributed by atoms with van der Waals surface area (Å²) in [6.07, 6.45) is 5.53. The number of fused-ring (bicyclic) bond motifs is 1. The molecule has 0 aliphatic heterocycles. The number of hydrogen-bond acceptors (Lipinski definition) is 3. The predicted molar refractivity (Wildman–Crippen MR) is 71.1 cm³/mol. The number of nitrogens with two attached hydrogens (primary N) is 1. The Balaban J connectivity index is 1.95. The molecule has 0 bridgehead atoms. The molecule has 5 nitrogen and oxygen atoms in total. The van der Waals surface area contributed by atoms with Crippen molar-refractivity contribution >= 4 is 17.0 Å². The zero-order valence-corrected chi connectivity index (χ0v) is 10.2. The van der Waals surface area contributed by atoms with Crippen LogP contribution in [0.15, 0.2) is 36.9 Å². The van der Waals surface area contributed by atoms with Crippen molar-refractivity contribution in [2.24, 2.45) is 0 Å². The third-order valence-corrected chi connectivity index (χ3v) is 3.07. The normalized spacial score (nSPS) is 11.2. The molecular weight excluding hydrogens is 226 g/mol. The number of aryl methyl sites for hydroxylation is 3. The van der Waals surface area contributed by atoms with Gasteiger partial charge < -0.3 is 14.9 Å². The van der Waals surface area contributed by atoms with Crippen LogP contribution in [-0.4, -0.2) is 19.1 Å². The van der Waals surface area contributed by atoms with E-state index in [1.54, 1.807) is 12.5 Å². The Kier molecular flexibility index (Phi) is 2.51. The number of nitrogens with zero attached hydrogens (tertiary/aromatic N) is 4. The van der Waals surface area contributed by atoms with Gasteiger partial charge >= 0.3 is 0 Å². The lowest BCUT2D eigenvalue weighted by Gasteiger charge is -2.07. The molecule has 0 saturated heterocycles. The minimum atomic E-state index is 0.565. The lowest BCUT2D eigenvalue weighted by molar-refractivity contribution is 0.594. The summed E-state index contributed by atoms with van der Waals surface area (Å²) in [5.74, 6) is 0.565. The molecule has 0 atom stereocenters. The van der Waals surface area contributed by atoms with E-state index in [1.807, 2.05) is 21.4 Å². The van der Waals surface area contributed by atoms with Crippen LogP contribution in [0.25, 0.3) is 11.0 Å². The van der Waals surface area contributed by atoms with Gasteiger partial charge in [0.1, 0.15) is 0 Å². The topological polar surface area (TPSA) is 61.7 Å². The third kappa shape index (κ3) is 1.84. The summed E-state index contributed by atoms with van der Waals surface area (Å²) in [4.78, 5) is 8.40. The van der Waals surface area contributed by atoms with E-state index in [-0.39, 0.29) is 0 Å². The highest BCUT2D eigenvalue weighted by molar-refractivity contribution is 5.79. The number of hydrogen-bond donors (Lipinski definition) is 1. The van der Waals surface area contributed by atoms with E-state index < -0.39 is 0 Å². The van der Waals surface area contributed by atoms with Gasteiger partial charge in [-0.15, -0.1) is 0 Å². The molecule has 2 heterocycles. The van der Waals surface area contributed by atoms with E-state index in [9.17, 15) is 0 Å². The Hall–Kier alpha value is -2.30. The minimum Gasteiger partial charge on any atom is -0.369 e. The Morgan fingerprint density at radius 1 is 1.28 bits per heavy atom. The van der Waals surface area contributed by atoms with Crippen molar-refractivity contribution in [2.75, 3.05) is 5.73 Å². The van der Waals surface area contributed by atoms with Gasteiger partial charge in [0.15, 0.2) is 0 Å². The summed E-state index contributed by atoms with van der Waals surface area (Å²) < 4.78 is 4.07. The molecule has 3 aromatic rings. The first-order valence-electron chi connectivity index (χ1n) is 5.92. The van der Waals surface area contributed by atoms with Gasteiger partial charge in [-0.2, -0.15) is 0 Å². The number of imidazole rings is 2. The van der Waals surface area contributed by atoms with Crippen LogP contribution in [0.4, 0.5) is 5.95 Å². The predicted octanol–water partition coefficient (Wildman–Crippen LogP) is 1.82. The molecule has 1 aromatic carbocycles. The molecule has 92 valence electrons. The fourth-order valence-corrected chi connectivity index (χ4v) is 2.12. The van der Waals surface area contributed by atoms with Gasteiger partial charge in [-0.1, -0.05) is 6.07 Å². The van der Waals surface area contributed by atoms with E-state index in [4.69, 9.17) is 5.73 Å². The number of anilines is 1. The van der Waals surface area contributed by atoms with Crippen LogP contribution < -0.4 is 5.73 Å². The zero-order valence-electron chi connectivity index (χ0n) is 10.2. The highest BCUT2D eigenvalue weighted by Crippen LogP contribution is 2.19. The first-order chi connectivity index (χ1) is 8.74. The summed E-state index contributed by atoms with van der Waals surface area (Å²) in [5.41, 5.74) is 9.22. The van der Waals surface area contributed by atoms with E-state index in [0.717, 1.165) is 24.1 Å². The highest BCUT2D eigenvalue weighted by Gasteiger charge is 2.07. The zero-order chi connectivity index (χ0) is 12.5. The van der Waals surface area contributed by atoms with Gasteiger partial charge in [0.25, 0.3) is 0 Å². The summed E-state index contributed by atoms with van der Waals surface area (Å²) in [7, 11) is 0. The molecule has 0 aliphatic carbocycles. The van der Waals surface area contributed by atoms with Crippen LogP contribution in [0.3, 0.4) is 0 Å². The monoisotopic (exact) mass is 241 g/mol. The van der Waals surface area contributed by atoms with Crippen LogP contribution in [0.2, 0.25) is 0 Å². The van der Waals surface area contributed by atoms with E-state index in [2.05, 4.69) is 29.0 Å². The molecule has 2 aromatic heterocycles. The van der Waals surface area contributed by atoms with Gasteiger partial charge in [0, 0.05) is 25.5 Å². The third-order valence-electron chi connectivity index (χ3n) is 3.07. The second-order valence-electron chi connectivity index (χ2n) is 4.41. The largest absolute Gasteiger partial charge is 0.369 e. The molecular formula is C13H15N5. The maximum absolute atomic E-state index is 5.97. The standard InChI is InChI=1S/C13H15N5/c1-10-2-3-11-12(8-10)18(13(14)16-11)7-6-17-5-4-15-9-17/h2-5,8-9H,6-7H2,1H3,(H2,14,16). The van der Waals surface area contributed by atoms with E-state index in [0.29, 0.717) is 5.95 Å². The summed E-state index contributed by atoms with van der Waals surface area (Å²) in [6, 6.07) is 6.18. The maximum atomic E-state index is 5.97. The fraction of sp³-hybridized carbons (Fsp3) is 0.231. The molecule has 0 aliphatic rings. The van der Waals surface area contributed by atoms with Crippen LogP contribution in [-0.2, 0) is 13.1 Å². The average molecular weight is 241 g/mol. The highest BCUT2D eigenvalue weighted by atomic mass is 15.2. The Bertz CT molecular complexity index is 666. The number of aromatic nitrogens is 4. The number of nitrogen functional groups attached to an aromatic ring is 1. The van der Waals surface area contributed by atoms with Crippen molar-refractivity contribution in [1.82, 2.24) is 19.1 Å². The van der Waals surface area contributed by atoms with Gasteiger partial charge in [0.05, 0.1) is 17.4 Å². The van der Waals surface area contributed by atoms with E-state index >= 15 is 0 Å². The summed E-state index contributed by atoms with van der Waals surface area (Å²) in [6.45, 7) is 3.70. The van der Waals surface area contributed by atoms with Crippen molar-refractivity contribution in [1.29, 1.82) is 0 Å². The molecule has 0 amide bonds. The molecule has 0 unspecified atom stereocenters. The van der Waals surface area contributed by atoms with Gasteiger partial charge in [-0.25, -0.2) is 9.97 Å². The van der Waals surface area contributed by atoms with E-state index in [1.165, 1.54) is 5.56 Å². The molecule has 18 heavy (non-hydrogen) atoms. The second-order valence-corrected chi connectivity index (χ2v) is 4.41. The molecule has 0 radical (unpaired) electrons. The molecule has 0 spiro atoms. The van der Waals surface area contributed by atoms with Crippen molar-refractivity contribution < 1.29 is 0 Å². The Labute approximate surface area is 105 Å². The number of benzene rings is 1. The van der Waals surface area contributed by atoms with Crippen LogP contribution in [0.1, 0.15) is 5.56 Å². The smallest absolute Gasteiger partial charge is 0.201 e. The van der Waals surface area contributed by atoms with Crippen molar-refractivity contribution in [2.45, 2.75) is 20.0 Å². The molecule has 3 rings (SSSR count). The molecule has 0 fully saturated rings. The van der Waals surface area contributed by atoms with Crippen molar-refractivity contribution in [3.63, 3.8) is 0 Å². The lowest BCUT2D eigenvalue weighted by atomic mass is 10.2. The molecule has 5 heteroatoms. The Morgan fingerprint density at radius 3 is 2.94 bits per heavy atom. The van der Waals surface area contributed by atoms with Gasteiger partial charge in [0.2, 0.25) is 5.95 Å². The first-order valence-corrected chi connectivity index (χ1v) is 5.92. The maximum Gasteiger partial charge on any atom is 0.201 e. The van der Waals surface area contributed by atoms with Crippen LogP contribution in [0.5, 0.6) is 0 Å². The average Bonchev–Trinajstić information content (AvgIpc) is 2.94. The summed E-state index contributed by atoms with van der Waals surface area (Å²) in [5, 5.41) is 0. The van der Waals surface area contributed by atoms with Gasteiger partial charge in [-0.3, -0.25) is 0 Å². The Morgan fingerprint density at radius 2 is 2.17 bits per heavy atom.